The molecule has 0 aromatic carbocycles. The first-order valence-corrected chi connectivity index (χ1v) is 6.91. The average molecular weight is 282 g/mol. The number of methoxy groups -OCH3 is 1. The van der Waals surface area contributed by atoms with Crippen LogP contribution in [0.5, 0.6) is 0 Å². The lowest BCUT2D eigenvalue weighted by Gasteiger charge is -2.31. The van der Waals surface area contributed by atoms with Gasteiger partial charge in [-0.15, -0.1) is 0 Å². The molecule has 2 unspecified atom stereocenters. The topological polar surface area (TPSA) is 24.5 Å². The minimum Gasteiger partial charge on any atom is -0.383 e. The normalized spacial score (nSPS) is 24.9. The summed E-state index contributed by atoms with van der Waals surface area (Å²) in [6.45, 7) is 3.08. The standard InChI is InChI=1S/C13H25F3N2O/c1-18(8-9-19-2)7-6-17-12-5-3-4-11(10-12)13(14,15)16/h11-12,17H,3-10H2,1-2H3. The van der Waals surface area contributed by atoms with Gasteiger partial charge in [0.15, 0.2) is 0 Å². The molecular weight excluding hydrogens is 257 g/mol. The molecule has 1 fully saturated rings. The molecule has 0 amide bonds. The Kier molecular flexibility index (Phi) is 7.10. The van der Waals surface area contributed by atoms with E-state index in [4.69, 9.17) is 4.74 Å². The van der Waals surface area contributed by atoms with E-state index in [1.165, 1.54) is 0 Å². The van der Waals surface area contributed by atoms with E-state index < -0.39 is 12.1 Å². The maximum Gasteiger partial charge on any atom is 0.391 e. The van der Waals surface area contributed by atoms with Crippen molar-refractivity contribution in [3.8, 4) is 0 Å². The number of rotatable bonds is 7. The van der Waals surface area contributed by atoms with Crippen molar-refractivity contribution >= 4 is 0 Å². The Balaban J connectivity index is 2.19. The third-order valence-electron chi connectivity index (χ3n) is 3.74. The van der Waals surface area contributed by atoms with Crippen LogP contribution in [0, 0.1) is 5.92 Å². The van der Waals surface area contributed by atoms with Crippen LogP contribution in [-0.4, -0.2) is 57.5 Å². The predicted octanol–water partition coefficient (Wildman–Crippen LogP) is 2.28. The highest BCUT2D eigenvalue weighted by atomic mass is 19.4. The number of ether oxygens (including phenoxy) is 1. The minimum atomic E-state index is -4.03. The summed E-state index contributed by atoms with van der Waals surface area (Å²) in [4.78, 5) is 2.11. The summed E-state index contributed by atoms with van der Waals surface area (Å²) in [7, 11) is 3.64. The molecule has 19 heavy (non-hydrogen) atoms. The maximum atomic E-state index is 12.7. The largest absolute Gasteiger partial charge is 0.391 e. The molecule has 1 aliphatic carbocycles. The third kappa shape index (κ3) is 6.58. The van der Waals surface area contributed by atoms with E-state index in [1.54, 1.807) is 7.11 Å². The monoisotopic (exact) mass is 282 g/mol. The van der Waals surface area contributed by atoms with Gasteiger partial charge < -0.3 is 15.0 Å². The van der Waals surface area contributed by atoms with E-state index in [9.17, 15) is 13.2 Å². The van der Waals surface area contributed by atoms with Gasteiger partial charge in [-0.2, -0.15) is 13.2 Å². The molecule has 3 nitrogen and oxygen atoms in total. The number of hydrogen-bond acceptors (Lipinski definition) is 3. The Morgan fingerprint density at radius 1 is 1.26 bits per heavy atom. The number of likely N-dealkylation sites (N-methyl/N-ethyl adjacent to an activating group) is 1. The fourth-order valence-electron chi connectivity index (χ4n) is 2.49. The Hall–Kier alpha value is -0.330. The first-order valence-electron chi connectivity index (χ1n) is 6.91. The first kappa shape index (κ1) is 16.7. The highest BCUT2D eigenvalue weighted by molar-refractivity contribution is 4.81. The van der Waals surface area contributed by atoms with Crippen LogP contribution in [0.15, 0.2) is 0 Å². The molecule has 1 rings (SSSR count). The fraction of sp³-hybridized carbons (Fsp3) is 1.00. The van der Waals surface area contributed by atoms with Gasteiger partial charge in [0.05, 0.1) is 12.5 Å². The summed E-state index contributed by atoms with van der Waals surface area (Å²) in [6.07, 6.45) is -1.99. The Morgan fingerprint density at radius 2 is 2.00 bits per heavy atom. The van der Waals surface area contributed by atoms with Crippen molar-refractivity contribution in [1.29, 1.82) is 0 Å². The van der Waals surface area contributed by atoms with Gasteiger partial charge in [0, 0.05) is 32.8 Å². The Labute approximate surface area is 113 Å². The van der Waals surface area contributed by atoms with Crippen LogP contribution in [0.25, 0.3) is 0 Å². The maximum absolute atomic E-state index is 12.7. The molecule has 1 N–H and O–H groups in total. The van der Waals surface area contributed by atoms with Crippen LogP contribution in [-0.2, 0) is 4.74 Å². The van der Waals surface area contributed by atoms with E-state index in [0.29, 0.717) is 13.0 Å². The molecule has 114 valence electrons. The van der Waals surface area contributed by atoms with Crippen LogP contribution in [0.3, 0.4) is 0 Å². The molecule has 0 saturated heterocycles. The molecular formula is C13H25F3N2O. The number of hydrogen-bond donors (Lipinski definition) is 1. The van der Waals surface area contributed by atoms with E-state index in [1.807, 2.05) is 7.05 Å². The number of halogens is 3. The molecule has 0 aromatic heterocycles. The fourth-order valence-corrected chi connectivity index (χ4v) is 2.49. The van der Waals surface area contributed by atoms with Crippen molar-refractivity contribution in [2.75, 3.05) is 40.4 Å². The average Bonchev–Trinajstić information content (AvgIpc) is 2.36. The van der Waals surface area contributed by atoms with Gasteiger partial charge in [-0.05, 0) is 26.3 Å². The summed E-state index contributed by atoms with van der Waals surface area (Å²) in [5.74, 6) is -1.12. The van der Waals surface area contributed by atoms with E-state index in [2.05, 4.69) is 10.2 Å². The molecule has 1 saturated carbocycles. The SMILES string of the molecule is COCCN(C)CCNC1CCCC(C(F)(F)F)C1. The van der Waals surface area contributed by atoms with Gasteiger partial charge in [-0.3, -0.25) is 0 Å². The zero-order chi connectivity index (χ0) is 14.3. The molecule has 0 aromatic rings. The Morgan fingerprint density at radius 3 is 2.63 bits per heavy atom. The first-order chi connectivity index (χ1) is 8.93. The van der Waals surface area contributed by atoms with Gasteiger partial charge in [0.2, 0.25) is 0 Å². The highest BCUT2D eigenvalue weighted by Gasteiger charge is 2.41. The van der Waals surface area contributed by atoms with Gasteiger partial charge in [-0.1, -0.05) is 6.42 Å². The lowest BCUT2D eigenvalue weighted by molar-refractivity contribution is -0.183. The van der Waals surface area contributed by atoms with Gasteiger partial charge in [0.1, 0.15) is 0 Å². The van der Waals surface area contributed by atoms with Crippen LogP contribution in [0.1, 0.15) is 25.7 Å². The summed E-state index contributed by atoms with van der Waals surface area (Å²) in [5, 5.41) is 3.25. The smallest absolute Gasteiger partial charge is 0.383 e. The summed E-state index contributed by atoms with van der Waals surface area (Å²) < 4.78 is 42.9. The van der Waals surface area contributed by atoms with Crippen molar-refractivity contribution in [3.63, 3.8) is 0 Å². The summed E-state index contributed by atoms with van der Waals surface area (Å²) in [6, 6.07) is 0.0104. The van der Waals surface area contributed by atoms with Crippen LogP contribution in [0.2, 0.25) is 0 Å². The van der Waals surface area contributed by atoms with Crippen LogP contribution in [0.4, 0.5) is 13.2 Å². The minimum absolute atomic E-state index is 0.0104. The van der Waals surface area contributed by atoms with Crippen LogP contribution < -0.4 is 5.32 Å². The van der Waals surface area contributed by atoms with Crippen LogP contribution >= 0.6 is 0 Å². The summed E-state index contributed by atoms with van der Waals surface area (Å²) >= 11 is 0. The Bertz CT molecular complexity index is 249. The second-order valence-electron chi connectivity index (χ2n) is 5.35. The number of alkyl halides is 3. The number of nitrogens with zero attached hydrogens (tertiary/aromatic N) is 1. The molecule has 0 radical (unpaired) electrons. The summed E-state index contributed by atoms with van der Waals surface area (Å²) in [5.41, 5.74) is 0. The lowest BCUT2D eigenvalue weighted by atomic mass is 9.85. The predicted molar refractivity (Wildman–Crippen MR) is 69.2 cm³/mol. The highest BCUT2D eigenvalue weighted by Crippen LogP contribution is 2.37. The van der Waals surface area contributed by atoms with Crippen molar-refractivity contribution in [1.82, 2.24) is 10.2 Å². The second-order valence-corrected chi connectivity index (χ2v) is 5.35. The van der Waals surface area contributed by atoms with Crippen molar-refractivity contribution in [2.45, 2.75) is 37.9 Å². The quantitative estimate of drug-likeness (QED) is 0.775. The van der Waals surface area contributed by atoms with E-state index in [-0.39, 0.29) is 18.9 Å². The van der Waals surface area contributed by atoms with E-state index in [0.717, 1.165) is 26.1 Å². The molecule has 0 spiro atoms. The molecule has 0 bridgehead atoms. The van der Waals surface area contributed by atoms with Crippen molar-refractivity contribution in [3.05, 3.63) is 0 Å². The third-order valence-corrected chi connectivity index (χ3v) is 3.74. The van der Waals surface area contributed by atoms with Gasteiger partial charge >= 0.3 is 6.18 Å². The number of nitrogens with one attached hydrogen (secondary N) is 1. The molecule has 1 aliphatic rings. The molecule has 2 atom stereocenters. The van der Waals surface area contributed by atoms with Gasteiger partial charge in [0.25, 0.3) is 0 Å². The van der Waals surface area contributed by atoms with Gasteiger partial charge in [-0.25, -0.2) is 0 Å². The molecule has 0 heterocycles. The second kappa shape index (κ2) is 8.07. The lowest BCUT2D eigenvalue weighted by Crippen LogP contribution is -2.41. The molecule has 6 heteroatoms. The molecule has 0 aliphatic heterocycles. The van der Waals surface area contributed by atoms with E-state index >= 15 is 0 Å². The zero-order valence-electron chi connectivity index (χ0n) is 11.8. The van der Waals surface area contributed by atoms with Crippen molar-refractivity contribution < 1.29 is 17.9 Å². The zero-order valence-corrected chi connectivity index (χ0v) is 11.8. The van der Waals surface area contributed by atoms with Crippen molar-refractivity contribution in [2.24, 2.45) is 5.92 Å².